The third-order valence-electron chi connectivity index (χ3n) is 6.48. The molecule has 2 aromatic heterocycles. The molecule has 0 spiro atoms. The smallest absolute Gasteiger partial charge is 0.225 e. The molecule has 0 aliphatic carbocycles. The van der Waals surface area contributed by atoms with Crippen LogP contribution >= 0.6 is 0 Å². The highest BCUT2D eigenvalue weighted by Crippen LogP contribution is 2.34. The van der Waals surface area contributed by atoms with Gasteiger partial charge in [0.1, 0.15) is 5.75 Å². The van der Waals surface area contributed by atoms with Gasteiger partial charge in [0.05, 0.1) is 19.0 Å². The zero-order valence-corrected chi connectivity index (χ0v) is 18.1. The molecule has 31 heavy (non-hydrogen) atoms. The van der Waals surface area contributed by atoms with Crippen LogP contribution in [-0.4, -0.2) is 58.4 Å². The average molecular weight is 419 g/mol. The number of aromatic amines is 1. The van der Waals surface area contributed by atoms with Crippen molar-refractivity contribution in [2.75, 3.05) is 38.2 Å². The van der Waals surface area contributed by atoms with Gasteiger partial charge in [0.15, 0.2) is 0 Å². The standard InChI is InChI=1S/C24H30N6O/c1-31-22-9-3-2-7-18(22)16-29-12-6-8-19(17-29)23-20(15-26-28-23)21-10-11-25-24(27-21)30-13-4-5-14-30/h2-3,7,9-11,15,19H,4-6,8,12-14,16-17H2,1H3,(H,26,28)/t19-/m0/s1. The molecule has 2 saturated heterocycles. The van der Waals surface area contributed by atoms with Gasteiger partial charge in [-0.2, -0.15) is 5.10 Å². The van der Waals surface area contributed by atoms with Crippen LogP contribution in [0.25, 0.3) is 11.3 Å². The van der Waals surface area contributed by atoms with E-state index in [1.54, 1.807) is 7.11 Å². The van der Waals surface area contributed by atoms with Crippen molar-refractivity contribution in [1.82, 2.24) is 25.1 Å². The van der Waals surface area contributed by atoms with E-state index in [1.807, 2.05) is 30.6 Å². The Kier molecular flexibility index (Phi) is 5.84. The zero-order valence-electron chi connectivity index (χ0n) is 18.1. The second-order valence-corrected chi connectivity index (χ2v) is 8.52. The Labute approximate surface area is 183 Å². The molecule has 0 radical (unpaired) electrons. The van der Waals surface area contributed by atoms with Crippen molar-refractivity contribution in [2.24, 2.45) is 0 Å². The Morgan fingerprint density at radius 2 is 1.97 bits per heavy atom. The van der Waals surface area contributed by atoms with Gasteiger partial charge in [-0.05, 0) is 44.4 Å². The van der Waals surface area contributed by atoms with Crippen molar-refractivity contribution >= 4 is 5.95 Å². The lowest BCUT2D eigenvalue weighted by molar-refractivity contribution is 0.196. The van der Waals surface area contributed by atoms with E-state index in [-0.39, 0.29) is 0 Å². The van der Waals surface area contributed by atoms with Crippen molar-refractivity contribution < 1.29 is 4.74 Å². The molecule has 0 saturated carbocycles. The first-order valence-corrected chi connectivity index (χ1v) is 11.3. The fourth-order valence-electron chi connectivity index (χ4n) is 4.89. The summed E-state index contributed by atoms with van der Waals surface area (Å²) in [5.74, 6) is 2.21. The number of ether oxygens (including phenoxy) is 1. The molecule has 0 bridgehead atoms. The molecular weight excluding hydrogens is 388 g/mol. The third kappa shape index (κ3) is 4.28. The highest BCUT2D eigenvalue weighted by Gasteiger charge is 2.26. The molecule has 2 aliphatic rings. The molecule has 162 valence electrons. The molecule has 1 N–H and O–H groups in total. The molecule has 5 rings (SSSR count). The van der Waals surface area contributed by atoms with Crippen LogP contribution in [0.15, 0.2) is 42.7 Å². The van der Waals surface area contributed by atoms with Gasteiger partial charge in [0.2, 0.25) is 5.95 Å². The summed E-state index contributed by atoms with van der Waals surface area (Å²) in [6, 6.07) is 10.3. The average Bonchev–Trinajstić information content (AvgIpc) is 3.52. The van der Waals surface area contributed by atoms with E-state index in [2.05, 4.69) is 37.1 Å². The maximum absolute atomic E-state index is 5.56. The van der Waals surface area contributed by atoms with Crippen LogP contribution in [-0.2, 0) is 6.54 Å². The molecular formula is C24H30N6O. The van der Waals surface area contributed by atoms with E-state index < -0.39 is 0 Å². The largest absolute Gasteiger partial charge is 0.496 e. The number of piperidine rings is 1. The molecule has 2 fully saturated rings. The lowest BCUT2D eigenvalue weighted by Crippen LogP contribution is -2.34. The molecule has 1 aromatic carbocycles. The monoisotopic (exact) mass is 418 g/mol. The number of nitrogens with one attached hydrogen (secondary N) is 1. The minimum absolute atomic E-state index is 0.408. The molecule has 7 heteroatoms. The van der Waals surface area contributed by atoms with Crippen LogP contribution in [0.3, 0.4) is 0 Å². The lowest BCUT2D eigenvalue weighted by Gasteiger charge is -2.33. The molecule has 2 aliphatic heterocycles. The van der Waals surface area contributed by atoms with Crippen molar-refractivity contribution in [3.63, 3.8) is 0 Å². The van der Waals surface area contributed by atoms with Gasteiger partial charge >= 0.3 is 0 Å². The van der Waals surface area contributed by atoms with Gasteiger partial charge in [0.25, 0.3) is 0 Å². The van der Waals surface area contributed by atoms with Gasteiger partial charge in [-0.25, -0.2) is 9.97 Å². The highest BCUT2D eigenvalue weighted by atomic mass is 16.5. The minimum Gasteiger partial charge on any atom is -0.496 e. The van der Waals surface area contributed by atoms with E-state index in [4.69, 9.17) is 9.72 Å². The Morgan fingerprint density at radius 1 is 1.10 bits per heavy atom. The van der Waals surface area contributed by atoms with Crippen molar-refractivity contribution in [3.8, 4) is 17.0 Å². The molecule has 7 nitrogen and oxygen atoms in total. The quantitative estimate of drug-likeness (QED) is 0.656. The van der Waals surface area contributed by atoms with Crippen LogP contribution < -0.4 is 9.64 Å². The minimum atomic E-state index is 0.408. The molecule has 4 heterocycles. The second-order valence-electron chi connectivity index (χ2n) is 8.52. The number of hydrogen-bond acceptors (Lipinski definition) is 6. The summed E-state index contributed by atoms with van der Waals surface area (Å²) in [5, 5.41) is 7.69. The van der Waals surface area contributed by atoms with Crippen molar-refractivity contribution in [2.45, 2.75) is 38.1 Å². The van der Waals surface area contributed by atoms with Crippen LogP contribution in [0.5, 0.6) is 5.75 Å². The van der Waals surface area contributed by atoms with Crippen LogP contribution in [0.1, 0.15) is 42.9 Å². The normalized spacial score (nSPS) is 19.6. The van der Waals surface area contributed by atoms with E-state index in [0.717, 1.165) is 62.1 Å². The topological polar surface area (TPSA) is 70.2 Å². The number of hydrogen-bond donors (Lipinski definition) is 1. The number of methoxy groups -OCH3 is 1. The highest BCUT2D eigenvalue weighted by molar-refractivity contribution is 5.63. The lowest BCUT2D eigenvalue weighted by atomic mass is 9.91. The summed E-state index contributed by atoms with van der Waals surface area (Å²) in [6.45, 7) is 5.09. The second kappa shape index (κ2) is 9.06. The van der Waals surface area contributed by atoms with E-state index in [1.165, 1.54) is 30.5 Å². The number of H-pyrrole nitrogens is 1. The van der Waals surface area contributed by atoms with Crippen LogP contribution in [0.2, 0.25) is 0 Å². The molecule has 0 unspecified atom stereocenters. The van der Waals surface area contributed by atoms with Gasteiger partial charge in [-0.3, -0.25) is 10.00 Å². The first kappa shape index (κ1) is 20.0. The number of likely N-dealkylation sites (tertiary alicyclic amines) is 1. The van der Waals surface area contributed by atoms with Gasteiger partial charge in [-0.1, -0.05) is 18.2 Å². The van der Waals surface area contributed by atoms with Gasteiger partial charge in [-0.15, -0.1) is 0 Å². The summed E-state index contributed by atoms with van der Waals surface area (Å²) in [6.07, 6.45) is 8.55. The zero-order chi connectivity index (χ0) is 21.0. The van der Waals surface area contributed by atoms with Crippen LogP contribution in [0.4, 0.5) is 5.95 Å². The fourth-order valence-corrected chi connectivity index (χ4v) is 4.89. The Balaban J connectivity index is 1.35. The van der Waals surface area contributed by atoms with E-state index in [0.29, 0.717) is 5.92 Å². The maximum Gasteiger partial charge on any atom is 0.225 e. The fraction of sp³-hybridized carbons (Fsp3) is 0.458. The number of nitrogens with zero attached hydrogens (tertiary/aromatic N) is 5. The predicted octanol–water partition coefficient (Wildman–Crippen LogP) is 3.86. The number of anilines is 1. The van der Waals surface area contributed by atoms with E-state index in [9.17, 15) is 0 Å². The maximum atomic E-state index is 5.56. The number of para-hydroxylation sites is 1. The van der Waals surface area contributed by atoms with Gasteiger partial charge in [0, 0.05) is 55.1 Å². The third-order valence-corrected chi connectivity index (χ3v) is 6.48. The Morgan fingerprint density at radius 3 is 2.84 bits per heavy atom. The number of benzene rings is 1. The molecule has 1 atom stereocenters. The SMILES string of the molecule is COc1ccccc1CN1CCC[C@H](c2[nH]ncc2-c2ccnc(N3CCCC3)n2)C1. The number of rotatable bonds is 6. The van der Waals surface area contributed by atoms with Crippen molar-refractivity contribution in [3.05, 3.63) is 54.0 Å². The Hall–Kier alpha value is -2.93. The summed E-state index contributed by atoms with van der Waals surface area (Å²) < 4.78 is 5.56. The summed E-state index contributed by atoms with van der Waals surface area (Å²) >= 11 is 0. The van der Waals surface area contributed by atoms with Gasteiger partial charge < -0.3 is 9.64 Å². The van der Waals surface area contributed by atoms with E-state index >= 15 is 0 Å². The summed E-state index contributed by atoms with van der Waals surface area (Å²) in [7, 11) is 1.74. The van der Waals surface area contributed by atoms with Crippen molar-refractivity contribution in [1.29, 1.82) is 0 Å². The number of aromatic nitrogens is 4. The molecule has 3 aromatic rings. The summed E-state index contributed by atoms with van der Waals surface area (Å²) in [4.78, 5) is 14.2. The first-order chi connectivity index (χ1) is 15.3. The summed E-state index contributed by atoms with van der Waals surface area (Å²) in [5.41, 5.74) is 4.49. The first-order valence-electron chi connectivity index (χ1n) is 11.3. The van der Waals surface area contributed by atoms with Crippen LogP contribution in [0, 0.1) is 0 Å². The predicted molar refractivity (Wildman–Crippen MR) is 121 cm³/mol. The molecule has 0 amide bonds. The Bertz CT molecular complexity index is 1010.